The first-order valence-corrected chi connectivity index (χ1v) is 7.11. The molecule has 0 saturated heterocycles. The molecule has 23 heavy (non-hydrogen) atoms. The molecule has 0 N–H and O–H groups in total. The first-order valence-electron chi connectivity index (χ1n) is 7.11. The smallest absolute Gasteiger partial charge is 0.344 e. The molecule has 1 unspecified atom stereocenters. The zero-order valence-electron chi connectivity index (χ0n) is 12.3. The molecule has 0 aliphatic carbocycles. The molecule has 4 rings (SSSR count). The normalized spacial score (nSPS) is 14.0. The lowest BCUT2D eigenvalue weighted by Crippen LogP contribution is -2.09. The fourth-order valence-electron chi connectivity index (χ4n) is 2.43. The highest BCUT2D eigenvalue weighted by molar-refractivity contribution is 5.95. The van der Waals surface area contributed by atoms with E-state index in [-0.39, 0.29) is 6.79 Å². The van der Waals surface area contributed by atoms with Gasteiger partial charge in [-0.3, -0.25) is 0 Å². The molecule has 0 bridgehead atoms. The Labute approximate surface area is 131 Å². The fourth-order valence-corrected chi connectivity index (χ4v) is 2.43. The number of rotatable bonds is 3. The van der Waals surface area contributed by atoms with Crippen molar-refractivity contribution in [3.8, 4) is 11.5 Å². The third-order valence-corrected chi connectivity index (χ3v) is 3.65. The first-order chi connectivity index (χ1) is 11.2. The van der Waals surface area contributed by atoms with Gasteiger partial charge in [0.1, 0.15) is 11.7 Å². The molecule has 0 fully saturated rings. The Morgan fingerprint density at radius 2 is 2.22 bits per heavy atom. The van der Waals surface area contributed by atoms with Crippen LogP contribution in [0.1, 0.15) is 28.9 Å². The maximum Gasteiger partial charge on any atom is 0.344 e. The van der Waals surface area contributed by atoms with Crippen LogP contribution in [0.2, 0.25) is 0 Å². The van der Waals surface area contributed by atoms with Gasteiger partial charge < -0.3 is 14.2 Å². The predicted octanol–water partition coefficient (Wildman–Crippen LogP) is 2.38. The van der Waals surface area contributed by atoms with E-state index >= 15 is 0 Å². The molecule has 0 saturated carbocycles. The summed E-state index contributed by atoms with van der Waals surface area (Å²) in [6.45, 7) is 2.01. The van der Waals surface area contributed by atoms with Crippen LogP contribution in [0, 0.1) is 0 Å². The average molecular weight is 311 g/mol. The van der Waals surface area contributed by atoms with E-state index < -0.39 is 12.1 Å². The van der Waals surface area contributed by atoms with E-state index in [1.54, 1.807) is 31.5 Å². The van der Waals surface area contributed by atoms with E-state index in [9.17, 15) is 4.79 Å². The number of carbonyl (C=O) groups excluding carboxylic acids is 1. The van der Waals surface area contributed by atoms with Crippen LogP contribution in [0.4, 0.5) is 0 Å². The van der Waals surface area contributed by atoms with Gasteiger partial charge in [-0.15, -0.1) is 0 Å². The van der Waals surface area contributed by atoms with Gasteiger partial charge in [-0.25, -0.2) is 14.3 Å². The maximum atomic E-state index is 12.4. The lowest BCUT2D eigenvalue weighted by molar-refractivity contribution is 0.0339. The van der Waals surface area contributed by atoms with Crippen molar-refractivity contribution in [3.63, 3.8) is 0 Å². The van der Waals surface area contributed by atoms with Crippen molar-refractivity contribution < 1.29 is 19.0 Å². The summed E-state index contributed by atoms with van der Waals surface area (Å²) in [5.41, 5.74) is 1.63. The lowest BCUT2D eigenvalue weighted by atomic mass is 10.1. The van der Waals surface area contributed by atoms with Gasteiger partial charge in [0.2, 0.25) is 6.79 Å². The van der Waals surface area contributed by atoms with Crippen LogP contribution in [0.3, 0.4) is 0 Å². The van der Waals surface area contributed by atoms with Crippen molar-refractivity contribution in [1.82, 2.24) is 14.6 Å². The number of fused-ring (bicyclic) bond motifs is 2. The Balaban J connectivity index is 1.56. The summed E-state index contributed by atoms with van der Waals surface area (Å²) in [5, 5.41) is 4.08. The Hall–Kier alpha value is -3.09. The van der Waals surface area contributed by atoms with E-state index in [2.05, 4.69) is 10.1 Å². The van der Waals surface area contributed by atoms with Gasteiger partial charge in [-0.1, -0.05) is 6.07 Å². The van der Waals surface area contributed by atoms with Gasteiger partial charge in [0, 0.05) is 12.4 Å². The van der Waals surface area contributed by atoms with Crippen molar-refractivity contribution in [2.45, 2.75) is 13.0 Å². The molecule has 0 spiro atoms. The third-order valence-electron chi connectivity index (χ3n) is 3.65. The number of carbonyl (C=O) groups is 1. The van der Waals surface area contributed by atoms with E-state index in [1.165, 1.54) is 10.7 Å². The predicted molar refractivity (Wildman–Crippen MR) is 79.4 cm³/mol. The summed E-state index contributed by atoms with van der Waals surface area (Å²) >= 11 is 0. The summed E-state index contributed by atoms with van der Waals surface area (Å²) < 4.78 is 17.7. The van der Waals surface area contributed by atoms with Crippen LogP contribution in [-0.2, 0) is 4.74 Å². The maximum absolute atomic E-state index is 12.4. The minimum Gasteiger partial charge on any atom is -0.454 e. The summed E-state index contributed by atoms with van der Waals surface area (Å²) in [5.74, 6) is 0.881. The highest BCUT2D eigenvalue weighted by Gasteiger charge is 2.21. The number of aromatic nitrogens is 3. The molecule has 0 radical (unpaired) electrons. The molecule has 2 aromatic heterocycles. The average Bonchev–Trinajstić information content (AvgIpc) is 3.20. The van der Waals surface area contributed by atoms with Crippen molar-refractivity contribution in [1.29, 1.82) is 0 Å². The second kappa shape index (κ2) is 5.28. The number of hydrogen-bond donors (Lipinski definition) is 0. The minimum absolute atomic E-state index is 0.209. The molecule has 7 nitrogen and oxygen atoms in total. The molecule has 1 aliphatic rings. The highest BCUT2D eigenvalue weighted by Crippen LogP contribution is 2.35. The largest absolute Gasteiger partial charge is 0.454 e. The van der Waals surface area contributed by atoms with Gasteiger partial charge >= 0.3 is 5.97 Å². The zero-order chi connectivity index (χ0) is 15.8. The Kier molecular flexibility index (Phi) is 3.11. The van der Waals surface area contributed by atoms with Gasteiger partial charge in [0.25, 0.3) is 0 Å². The van der Waals surface area contributed by atoms with Crippen molar-refractivity contribution in [2.24, 2.45) is 0 Å². The van der Waals surface area contributed by atoms with Gasteiger partial charge in [-0.05, 0) is 30.7 Å². The monoisotopic (exact) mass is 311 g/mol. The second-order valence-electron chi connectivity index (χ2n) is 5.11. The van der Waals surface area contributed by atoms with Gasteiger partial charge in [0.05, 0.1) is 6.20 Å². The number of hydrogen-bond acceptors (Lipinski definition) is 6. The number of ether oxygens (including phenoxy) is 3. The summed E-state index contributed by atoms with van der Waals surface area (Å²) in [6, 6.07) is 7.21. The summed E-state index contributed by atoms with van der Waals surface area (Å²) in [7, 11) is 0. The molecular formula is C16H13N3O4. The van der Waals surface area contributed by atoms with Gasteiger partial charge in [0.15, 0.2) is 17.1 Å². The molecule has 1 atom stereocenters. The quantitative estimate of drug-likeness (QED) is 0.691. The number of esters is 1. The Morgan fingerprint density at radius 3 is 3.13 bits per heavy atom. The molecule has 0 amide bonds. The number of benzene rings is 1. The van der Waals surface area contributed by atoms with E-state index in [1.807, 2.05) is 12.1 Å². The molecule has 1 aliphatic heterocycles. The minimum atomic E-state index is -0.469. The summed E-state index contributed by atoms with van der Waals surface area (Å²) in [6.07, 6.45) is 4.35. The third kappa shape index (κ3) is 2.36. The second-order valence-corrected chi connectivity index (χ2v) is 5.11. The summed E-state index contributed by atoms with van der Waals surface area (Å²) in [4.78, 5) is 16.5. The number of nitrogens with zero attached hydrogens (tertiary/aromatic N) is 3. The molecule has 7 heteroatoms. The molecule has 3 heterocycles. The zero-order valence-corrected chi connectivity index (χ0v) is 12.3. The van der Waals surface area contributed by atoms with Crippen molar-refractivity contribution in [3.05, 3.63) is 54.0 Å². The lowest BCUT2D eigenvalue weighted by Gasteiger charge is -2.13. The Bertz CT molecular complexity index is 890. The van der Waals surface area contributed by atoms with E-state index in [0.29, 0.717) is 22.7 Å². The Morgan fingerprint density at radius 1 is 1.35 bits per heavy atom. The molecular weight excluding hydrogens is 298 g/mol. The molecule has 1 aromatic carbocycles. The fraction of sp³-hybridized carbons (Fsp3) is 0.188. The van der Waals surface area contributed by atoms with Crippen LogP contribution >= 0.6 is 0 Å². The first kappa shape index (κ1) is 13.6. The van der Waals surface area contributed by atoms with Crippen LogP contribution < -0.4 is 9.47 Å². The van der Waals surface area contributed by atoms with Crippen molar-refractivity contribution in [2.75, 3.05) is 6.79 Å². The van der Waals surface area contributed by atoms with E-state index in [4.69, 9.17) is 14.2 Å². The van der Waals surface area contributed by atoms with Crippen molar-refractivity contribution >= 4 is 11.6 Å². The standard InChI is InChI=1S/C16H13N3O4/c1-10(11-3-4-13-14(7-11)22-9-21-13)23-16(20)12-8-18-19-6-2-5-17-15(12)19/h2-8,10H,9H2,1H3. The van der Waals surface area contributed by atoms with E-state index in [0.717, 1.165) is 5.56 Å². The topological polar surface area (TPSA) is 75.0 Å². The van der Waals surface area contributed by atoms with Crippen LogP contribution in [0.5, 0.6) is 11.5 Å². The van der Waals surface area contributed by atoms with Gasteiger partial charge in [-0.2, -0.15) is 5.10 Å². The molecule has 116 valence electrons. The van der Waals surface area contributed by atoms with Crippen LogP contribution in [0.15, 0.2) is 42.9 Å². The SMILES string of the molecule is CC(OC(=O)c1cnn2cccnc12)c1ccc2c(c1)OCO2. The highest BCUT2D eigenvalue weighted by atomic mass is 16.7. The molecule has 3 aromatic rings. The van der Waals surface area contributed by atoms with Crippen LogP contribution in [-0.4, -0.2) is 27.4 Å². The van der Waals surface area contributed by atoms with Crippen LogP contribution in [0.25, 0.3) is 5.65 Å².